The predicted molar refractivity (Wildman–Crippen MR) is 122 cm³/mol. The number of nitrogens with one attached hydrogen (secondary N) is 1. The molecule has 2 aromatic rings. The third-order valence-electron chi connectivity index (χ3n) is 6.34. The van der Waals surface area contributed by atoms with Gasteiger partial charge in [0.1, 0.15) is 5.82 Å². The maximum atomic E-state index is 13.7. The van der Waals surface area contributed by atoms with E-state index < -0.39 is 60.0 Å². The normalized spacial score (nSPS) is 18.2. The Morgan fingerprint density at radius 1 is 1.05 bits per heavy atom. The van der Waals surface area contributed by atoms with Crippen LogP contribution in [0, 0.1) is 12.7 Å². The molecule has 2 atom stereocenters. The van der Waals surface area contributed by atoms with E-state index in [4.69, 9.17) is 0 Å². The molecule has 1 aliphatic heterocycles. The Kier molecular flexibility index (Phi) is 8.47. The fourth-order valence-electron chi connectivity index (χ4n) is 4.53. The topological polar surface area (TPSA) is 61.9 Å². The Hall–Kier alpha value is -3.51. The Labute approximate surface area is 214 Å². The molecule has 1 N–H and O–H groups in total. The lowest BCUT2D eigenvalue weighted by molar-refractivity contribution is -0.143. The van der Waals surface area contributed by atoms with Crippen LogP contribution in [0.25, 0.3) is 0 Å². The summed E-state index contributed by atoms with van der Waals surface area (Å²) in [7, 11) is 2.46. The average molecular weight is 549 g/mol. The number of amides is 3. The summed E-state index contributed by atoms with van der Waals surface area (Å²) in [5.41, 5.74) is -2.18. The van der Waals surface area contributed by atoms with Crippen LogP contribution >= 0.6 is 0 Å². The van der Waals surface area contributed by atoms with Crippen LogP contribution in [0.3, 0.4) is 0 Å². The largest absolute Gasteiger partial charge is 0.453 e. The maximum absolute atomic E-state index is 13.7. The molecule has 13 heteroatoms. The van der Waals surface area contributed by atoms with E-state index in [2.05, 4.69) is 10.1 Å². The number of aryl methyl sites for hydroxylation is 1. The highest BCUT2D eigenvalue weighted by molar-refractivity contribution is 5.75. The number of hydrogen-bond donors (Lipinski definition) is 1. The van der Waals surface area contributed by atoms with Crippen LogP contribution in [-0.4, -0.2) is 48.7 Å². The molecule has 208 valence electrons. The molecule has 0 spiro atoms. The van der Waals surface area contributed by atoms with Crippen molar-refractivity contribution in [3.63, 3.8) is 0 Å². The minimum atomic E-state index is -5.02. The van der Waals surface area contributed by atoms with Crippen molar-refractivity contribution in [2.45, 2.75) is 50.7 Å². The van der Waals surface area contributed by atoms with Crippen LogP contribution in [-0.2, 0) is 23.6 Å². The van der Waals surface area contributed by atoms with E-state index in [1.807, 2.05) is 0 Å². The molecular weight excluding hydrogens is 523 g/mol. The van der Waals surface area contributed by atoms with Crippen molar-refractivity contribution >= 4 is 12.1 Å². The third kappa shape index (κ3) is 6.87. The second kappa shape index (κ2) is 11.1. The molecule has 0 aromatic heterocycles. The summed E-state index contributed by atoms with van der Waals surface area (Å²) < 4.78 is 97.9. The first-order valence-electron chi connectivity index (χ1n) is 11.5. The number of carbonyl (C=O) groups excluding carboxylic acids is 2. The quantitative estimate of drug-likeness (QED) is 0.457. The number of alkyl halides is 6. The van der Waals surface area contributed by atoms with Gasteiger partial charge in [0, 0.05) is 26.2 Å². The summed E-state index contributed by atoms with van der Waals surface area (Å²) in [6.07, 6.45) is -10.2. The van der Waals surface area contributed by atoms with Gasteiger partial charge in [-0.15, -0.1) is 0 Å². The Balaban J connectivity index is 1.90. The summed E-state index contributed by atoms with van der Waals surface area (Å²) in [5.74, 6) is -0.494. The van der Waals surface area contributed by atoms with Crippen LogP contribution in [0.15, 0.2) is 36.4 Å². The third-order valence-corrected chi connectivity index (χ3v) is 6.34. The molecule has 0 bridgehead atoms. The molecule has 1 heterocycles. The predicted octanol–water partition coefficient (Wildman–Crippen LogP) is 6.29. The summed E-state index contributed by atoms with van der Waals surface area (Å²) in [5, 5.41) is 2.67. The number of likely N-dealkylation sites (tertiary alicyclic amines) is 1. The zero-order valence-corrected chi connectivity index (χ0v) is 20.7. The smallest absolute Gasteiger partial charge is 0.416 e. The number of benzene rings is 2. The Bertz CT molecular complexity index is 1150. The molecule has 1 aliphatic rings. The number of halogens is 7. The van der Waals surface area contributed by atoms with Crippen LogP contribution in [0.5, 0.6) is 0 Å². The maximum Gasteiger partial charge on any atom is 0.416 e. The zero-order valence-electron chi connectivity index (χ0n) is 20.7. The number of rotatable bonds is 4. The number of nitrogens with zero attached hydrogens (tertiary/aromatic N) is 2. The molecular formula is C25H26F7N3O3. The number of alkyl carbamates (subject to hydrolysis) is 1. The lowest BCUT2D eigenvalue weighted by atomic mass is 9.89. The Morgan fingerprint density at radius 3 is 2.18 bits per heavy atom. The van der Waals surface area contributed by atoms with Gasteiger partial charge in [0.25, 0.3) is 0 Å². The number of methoxy groups -OCH3 is 1. The SMILES string of the molecule is COC(=O)NC1CCN(C(=O)N(C)Cc2cc(C(F)(F)F)cc(C(F)(F)F)c2)[C@H](c2ccc(F)cc2C)C1. The zero-order chi connectivity index (χ0) is 28.4. The van der Waals surface area contributed by atoms with Crippen molar-refractivity contribution < 1.29 is 45.1 Å². The molecule has 38 heavy (non-hydrogen) atoms. The molecule has 6 nitrogen and oxygen atoms in total. The lowest BCUT2D eigenvalue weighted by Gasteiger charge is -2.42. The molecule has 0 aliphatic carbocycles. The number of ether oxygens (including phenoxy) is 1. The molecule has 1 fully saturated rings. The van der Waals surface area contributed by atoms with E-state index in [0.717, 1.165) is 4.90 Å². The van der Waals surface area contributed by atoms with Gasteiger partial charge in [0.15, 0.2) is 0 Å². The lowest BCUT2D eigenvalue weighted by Crippen LogP contribution is -2.51. The first-order chi connectivity index (χ1) is 17.6. The number of hydrogen-bond acceptors (Lipinski definition) is 3. The average Bonchev–Trinajstić information content (AvgIpc) is 2.82. The van der Waals surface area contributed by atoms with E-state index in [-0.39, 0.29) is 24.6 Å². The monoisotopic (exact) mass is 549 g/mol. The molecule has 0 radical (unpaired) electrons. The van der Waals surface area contributed by atoms with Crippen molar-refractivity contribution in [2.75, 3.05) is 20.7 Å². The highest BCUT2D eigenvalue weighted by Gasteiger charge is 2.38. The van der Waals surface area contributed by atoms with Gasteiger partial charge in [-0.3, -0.25) is 0 Å². The van der Waals surface area contributed by atoms with Gasteiger partial charge in [0.05, 0.1) is 24.3 Å². The summed E-state index contributed by atoms with van der Waals surface area (Å²) in [6, 6.07) is 3.46. The second-order valence-electron chi connectivity index (χ2n) is 9.12. The highest BCUT2D eigenvalue weighted by Crippen LogP contribution is 2.37. The van der Waals surface area contributed by atoms with Crippen molar-refractivity contribution in [1.82, 2.24) is 15.1 Å². The molecule has 1 unspecified atom stereocenters. The van der Waals surface area contributed by atoms with Crippen molar-refractivity contribution in [3.05, 3.63) is 70.0 Å². The molecule has 0 saturated carbocycles. The van der Waals surface area contributed by atoms with Crippen LogP contribution in [0.1, 0.15) is 46.7 Å². The summed E-state index contributed by atoms with van der Waals surface area (Å²) in [6.45, 7) is 1.22. The summed E-state index contributed by atoms with van der Waals surface area (Å²) in [4.78, 5) is 27.6. The van der Waals surface area contributed by atoms with E-state index in [9.17, 15) is 40.3 Å². The van der Waals surface area contributed by atoms with Gasteiger partial charge in [-0.05, 0) is 66.8 Å². The molecule has 3 amide bonds. The minimum Gasteiger partial charge on any atom is -0.453 e. The van der Waals surface area contributed by atoms with Crippen molar-refractivity contribution in [2.24, 2.45) is 0 Å². The second-order valence-corrected chi connectivity index (χ2v) is 9.12. The molecule has 3 rings (SSSR count). The van der Waals surface area contributed by atoms with E-state index in [0.29, 0.717) is 29.7 Å². The van der Waals surface area contributed by atoms with Gasteiger partial charge >= 0.3 is 24.5 Å². The van der Waals surface area contributed by atoms with E-state index in [1.165, 1.54) is 37.3 Å². The van der Waals surface area contributed by atoms with Crippen LogP contribution in [0.2, 0.25) is 0 Å². The van der Waals surface area contributed by atoms with Gasteiger partial charge in [0.2, 0.25) is 0 Å². The summed E-state index contributed by atoms with van der Waals surface area (Å²) >= 11 is 0. The molecule has 2 aromatic carbocycles. The van der Waals surface area contributed by atoms with E-state index >= 15 is 0 Å². The molecule has 1 saturated heterocycles. The van der Waals surface area contributed by atoms with Crippen LogP contribution in [0.4, 0.5) is 40.3 Å². The first-order valence-corrected chi connectivity index (χ1v) is 11.5. The van der Waals surface area contributed by atoms with E-state index in [1.54, 1.807) is 6.92 Å². The number of piperidine rings is 1. The standard InChI is InChI=1S/C25H26F7N3O3/c1-14-8-18(26)4-5-20(14)21-12-19(33-22(36)38-3)6-7-35(21)23(37)34(2)13-15-9-16(24(27,28)29)11-17(10-15)25(30,31)32/h4-5,8-11,19,21H,6-7,12-13H2,1-3H3,(H,33,36)/t19?,21-/m0/s1. The van der Waals surface area contributed by atoms with Crippen molar-refractivity contribution in [1.29, 1.82) is 0 Å². The van der Waals surface area contributed by atoms with Gasteiger partial charge < -0.3 is 19.9 Å². The van der Waals surface area contributed by atoms with Gasteiger partial charge in [-0.2, -0.15) is 26.3 Å². The number of urea groups is 1. The number of carbonyl (C=O) groups is 2. The van der Waals surface area contributed by atoms with Crippen molar-refractivity contribution in [3.8, 4) is 0 Å². The minimum absolute atomic E-state index is 0.0255. The Morgan fingerprint density at radius 2 is 1.66 bits per heavy atom. The van der Waals surface area contributed by atoms with Crippen LogP contribution < -0.4 is 5.32 Å². The van der Waals surface area contributed by atoms with Gasteiger partial charge in [-0.1, -0.05) is 6.07 Å². The fourth-order valence-corrected chi connectivity index (χ4v) is 4.53. The first kappa shape index (κ1) is 29.1. The fraction of sp³-hybridized carbons (Fsp3) is 0.440. The highest BCUT2D eigenvalue weighted by atomic mass is 19.4. The van der Waals surface area contributed by atoms with Gasteiger partial charge in [-0.25, -0.2) is 14.0 Å².